The predicted octanol–water partition coefficient (Wildman–Crippen LogP) is -1.55. The summed E-state index contributed by atoms with van der Waals surface area (Å²) in [5.74, 6) is 0. The molecule has 0 unspecified atom stereocenters. The van der Waals surface area contributed by atoms with Crippen LogP contribution in [0.4, 0.5) is 0 Å². The molecule has 0 aromatic carbocycles. The average Bonchev–Trinajstić information content (AvgIpc) is 1.59. The van der Waals surface area contributed by atoms with Gasteiger partial charge in [0.05, 0.1) is 0 Å². The van der Waals surface area contributed by atoms with E-state index in [1.54, 1.807) is 0 Å². The van der Waals surface area contributed by atoms with Crippen molar-refractivity contribution in [3.05, 3.63) is 0 Å². The van der Waals surface area contributed by atoms with Gasteiger partial charge in [0.2, 0.25) is 0 Å². The normalized spacial score (nSPS) is 10.3. The second-order valence-electron chi connectivity index (χ2n) is 0.915. The van der Waals surface area contributed by atoms with Crippen LogP contribution < -0.4 is 0 Å². The molecule has 0 saturated carbocycles. The molecule has 1 N–H and O–H groups in total. The van der Waals surface area contributed by atoms with Crippen LogP contribution in [0.3, 0.4) is 0 Å². The molecule has 0 rings (SSSR count). The summed E-state index contributed by atoms with van der Waals surface area (Å²) in [7, 11) is 0. The van der Waals surface area contributed by atoms with Gasteiger partial charge in [-0.05, 0) is 0 Å². The Balaban J connectivity index is 0. The van der Waals surface area contributed by atoms with E-state index in [1.165, 1.54) is 0 Å². The van der Waals surface area contributed by atoms with Gasteiger partial charge in [-0.3, -0.25) is 0 Å². The molecule has 52 valence electrons. The van der Waals surface area contributed by atoms with E-state index in [0.29, 0.717) is 0 Å². The zero-order valence-corrected chi connectivity index (χ0v) is 5.05. The van der Waals surface area contributed by atoms with Crippen LogP contribution in [0.5, 0.6) is 0 Å². The summed E-state index contributed by atoms with van der Waals surface area (Å²) in [5.41, 5.74) is 0. The first-order valence-electron chi connectivity index (χ1n) is 1.72. The van der Waals surface area contributed by atoms with Crippen LogP contribution in [-0.4, -0.2) is 69.7 Å². The van der Waals surface area contributed by atoms with Gasteiger partial charge in [0.15, 0.2) is 0 Å². The number of aliphatic hydroxyl groups excluding tert-OH is 1. The van der Waals surface area contributed by atoms with Crippen molar-refractivity contribution in [2.75, 3.05) is 13.2 Å². The minimum absolute atomic E-state index is 0. The third-order valence-electron chi connectivity index (χ3n) is 0.302. The first-order valence-corrected chi connectivity index (χ1v) is 3.65. The molecule has 5 nitrogen and oxygen atoms in total. The van der Waals surface area contributed by atoms with Crippen LogP contribution in [-0.2, 0) is 28.3 Å². The Hall–Kier alpha value is 1.48. The third kappa shape index (κ3) is 12.6. The fourth-order valence-electron chi connectivity index (χ4n) is 0.129. The number of rotatable bonds is 3. The van der Waals surface area contributed by atoms with Crippen LogP contribution in [0.1, 0.15) is 0 Å². The molecule has 0 aromatic heterocycles. The standard InChI is InChI=1S/C2H5O2.K.Mn.3O.H/c3-1-2-4;;;;;;/h3H,1-2H2;;;;;;/q-1;;+1;;;;. The monoisotopic (exact) mass is 204 g/mol. The quantitative estimate of drug-likeness (QED) is 0.563. The number of hydrogen-bond acceptors (Lipinski definition) is 5. The second-order valence-corrected chi connectivity index (χ2v) is 2.44. The molecule has 0 saturated heterocycles. The summed E-state index contributed by atoms with van der Waals surface area (Å²) in [4.78, 5) is 0. The zero-order valence-electron chi connectivity index (χ0n) is 3.87. The van der Waals surface area contributed by atoms with Gasteiger partial charge in [0, 0.05) is 0 Å². The number of aliphatic hydroxyl groups is 1. The van der Waals surface area contributed by atoms with Gasteiger partial charge in [0.25, 0.3) is 0 Å². The van der Waals surface area contributed by atoms with Crippen molar-refractivity contribution in [3.8, 4) is 0 Å². The Labute approximate surface area is 96.3 Å². The van der Waals surface area contributed by atoms with Crippen molar-refractivity contribution in [3.63, 3.8) is 0 Å². The molecule has 0 atom stereocenters. The molecule has 0 radical (unpaired) electrons. The molecule has 7 heteroatoms. The summed E-state index contributed by atoms with van der Waals surface area (Å²) in [6.45, 7) is -0.897. The molecule has 0 aliphatic carbocycles. The van der Waals surface area contributed by atoms with Crippen molar-refractivity contribution in [1.82, 2.24) is 0 Å². The Morgan fingerprint density at radius 1 is 1.33 bits per heavy atom. The average molecular weight is 204 g/mol. The van der Waals surface area contributed by atoms with Crippen molar-refractivity contribution >= 4 is 51.4 Å². The molecular formula is C2H6KMnO5. The Kier molecular flexibility index (Phi) is 9.02. The Bertz CT molecular complexity index is 172. The number of hydrogen-bond donors (Lipinski definition) is 1. The summed E-state index contributed by atoms with van der Waals surface area (Å²) >= 11 is -5.10. The van der Waals surface area contributed by atoms with E-state index in [4.69, 9.17) is 5.11 Å². The molecule has 0 fully saturated rings. The van der Waals surface area contributed by atoms with Crippen LogP contribution in [0.2, 0.25) is 0 Å². The van der Waals surface area contributed by atoms with E-state index in [0.717, 1.165) is 0 Å². The van der Waals surface area contributed by atoms with Gasteiger partial charge < -0.3 is 0 Å². The van der Waals surface area contributed by atoms with Crippen LogP contribution in [0, 0.1) is 0 Å². The van der Waals surface area contributed by atoms with Crippen molar-refractivity contribution in [2.24, 2.45) is 0 Å². The van der Waals surface area contributed by atoms with Crippen LogP contribution in [0.25, 0.3) is 0 Å². The van der Waals surface area contributed by atoms with Gasteiger partial charge in [-0.25, -0.2) is 0 Å². The molecule has 0 bridgehead atoms. The fourth-order valence-corrected chi connectivity index (χ4v) is 0.532. The topological polar surface area (TPSA) is 80.7 Å². The third-order valence-corrected chi connectivity index (χ3v) is 0.960. The Morgan fingerprint density at radius 3 is 1.89 bits per heavy atom. The molecule has 0 amide bonds. The van der Waals surface area contributed by atoms with Crippen molar-refractivity contribution < 1.29 is 33.4 Å². The zero-order chi connectivity index (χ0) is 6.62. The molecular weight excluding hydrogens is 198 g/mol. The maximum atomic E-state index is 9.56. The molecule has 0 spiro atoms. The summed E-state index contributed by atoms with van der Waals surface area (Å²) in [5, 5.41) is 7.91. The van der Waals surface area contributed by atoms with E-state index < -0.39 is 26.2 Å². The van der Waals surface area contributed by atoms with Crippen LogP contribution in [0.15, 0.2) is 0 Å². The first-order chi connectivity index (χ1) is 3.56. The summed E-state index contributed by atoms with van der Waals surface area (Å²) in [6.07, 6.45) is 0. The van der Waals surface area contributed by atoms with Gasteiger partial charge in [-0.15, -0.1) is 0 Å². The molecule has 0 heterocycles. The second kappa shape index (κ2) is 6.20. The van der Waals surface area contributed by atoms with Gasteiger partial charge in [-0.1, -0.05) is 0 Å². The van der Waals surface area contributed by atoms with Crippen molar-refractivity contribution in [2.45, 2.75) is 0 Å². The predicted molar refractivity (Wildman–Crippen MR) is 22.2 cm³/mol. The van der Waals surface area contributed by atoms with E-state index in [9.17, 15) is 11.5 Å². The van der Waals surface area contributed by atoms with Gasteiger partial charge in [0.1, 0.15) is 0 Å². The maximum absolute atomic E-state index is 9.56. The minimum atomic E-state index is -5.10. The fraction of sp³-hybridized carbons (Fsp3) is 1.00. The first kappa shape index (κ1) is 13.1. The molecule has 0 aliphatic heterocycles. The van der Waals surface area contributed by atoms with E-state index in [-0.39, 0.29) is 51.4 Å². The van der Waals surface area contributed by atoms with Crippen LogP contribution >= 0.6 is 0 Å². The van der Waals surface area contributed by atoms with E-state index in [2.05, 4.69) is 3.82 Å². The summed E-state index contributed by atoms with van der Waals surface area (Å²) < 4.78 is 32.3. The van der Waals surface area contributed by atoms with Gasteiger partial charge >= 0.3 is 98.0 Å². The molecule has 0 aromatic rings. The molecule has 9 heavy (non-hydrogen) atoms. The van der Waals surface area contributed by atoms with E-state index in [1.807, 2.05) is 0 Å². The SMILES string of the molecule is [KH].[O]=[Mn](=[O])(=[O])[O]CCO. The van der Waals surface area contributed by atoms with E-state index >= 15 is 0 Å². The van der Waals surface area contributed by atoms with Gasteiger partial charge in [-0.2, -0.15) is 0 Å². The summed E-state index contributed by atoms with van der Waals surface area (Å²) in [6, 6.07) is 0. The van der Waals surface area contributed by atoms with Crippen molar-refractivity contribution in [1.29, 1.82) is 0 Å². The Morgan fingerprint density at radius 2 is 1.78 bits per heavy atom. The molecule has 0 aliphatic rings.